The zero-order chi connectivity index (χ0) is 10.6. The highest BCUT2D eigenvalue weighted by Gasteiger charge is 2.17. The van der Waals surface area contributed by atoms with Crippen LogP contribution in [-0.4, -0.2) is 59.6 Å². The second-order valence-corrected chi connectivity index (χ2v) is 6.06. The molecule has 1 aliphatic rings. The molecule has 0 radical (unpaired) electrons. The lowest BCUT2D eigenvalue weighted by Crippen LogP contribution is -2.48. The number of thiol groups is 2. The molecule has 0 aliphatic carbocycles. The first-order valence-electron chi connectivity index (χ1n) is 5.38. The Hall–Kier alpha value is 0.620. The molecule has 1 aliphatic heterocycles. The lowest BCUT2D eigenvalue weighted by molar-refractivity contribution is 0.135. The molecule has 4 heteroatoms. The maximum atomic E-state index is 4.42. The van der Waals surface area contributed by atoms with Crippen LogP contribution in [-0.2, 0) is 0 Å². The molecular weight excluding hydrogens is 212 g/mol. The van der Waals surface area contributed by atoms with Crippen molar-refractivity contribution in [2.45, 2.75) is 24.3 Å². The van der Waals surface area contributed by atoms with Gasteiger partial charge in [-0.25, -0.2) is 0 Å². The summed E-state index contributed by atoms with van der Waals surface area (Å²) in [5.74, 6) is 0. The van der Waals surface area contributed by atoms with Gasteiger partial charge in [-0.05, 0) is 0 Å². The van der Waals surface area contributed by atoms with Crippen LogP contribution in [0.4, 0.5) is 0 Å². The van der Waals surface area contributed by atoms with Crippen molar-refractivity contribution in [2.75, 3.05) is 39.3 Å². The van der Waals surface area contributed by atoms with E-state index in [1.165, 1.54) is 26.2 Å². The molecule has 0 aromatic carbocycles. The monoisotopic (exact) mass is 234 g/mol. The molecule has 0 bridgehead atoms. The summed E-state index contributed by atoms with van der Waals surface area (Å²) in [5.41, 5.74) is 0. The van der Waals surface area contributed by atoms with E-state index in [1.807, 2.05) is 0 Å². The average molecular weight is 234 g/mol. The Morgan fingerprint density at radius 1 is 0.857 bits per heavy atom. The molecule has 0 aromatic rings. The largest absolute Gasteiger partial charge is 0.300 e. The predicted molar refractivity (Wildman–Crippen MR) is 69.8 cm³/mol. The van der Waals surface area contributed by atoms with Crippen LogP contribution in [0.3, 0.4) is 0 Å². The van der Waals surface area contributed by atoms with Gasteiger partial charge in [-0.3, -0.25) is 9.80 Å². The van der Waals surface area contributed by atoms with Crippen molar-refractivity contribution in [2.24, 2.45) is 0 Å². The van der Waals surface area contributed by atoms with Crippen molar-refractivity contribution < 1.29 is 0 Å². The second-order valence-electron chi connectivity index (χ2n) is 4.30. The maximum Gasteiger partial charge on any atom is 0.0116 e. The molecule has 14 heavy (non-hydrogen) atoms. The summed E-state index contributed by atoms with van der Waals surface area (Å²) < 4.78 is 0. The zero-order valence-electron chi connectivity index (χ0n) is 9.19. The standard InChI is InChI=1S/C10H22N2S2/c1-9(13)7-11-3-5-12(6-4-11)8-10(2)14/h9-10,13-14H,3-8H2,1-2H3. The molecule has 1 heterocycles. The fraction of sp³-hybridized carbons (Fsp3) is 1.00. The van der Waals surface area contributed by atoms with Crippen LogP contribution in [0.2, 0.25) is 0 Å². The van der Waals surface area contributed by atoms with E-state index in [2.05, 4.69) is 48.9 Å². The van der Waals surface area contributed by atoms with E-state index in [-0.39, 0.29) is 0 Å². The van der Waals surface area contributed by atoms with Crippen molar-refractivity contribution in [3.63, 3.8) is 0 Å². The van der Waals surface area contributed by atoms with Crippen LogP contribution in [0.5, 0.6) is 0 Å². The molecule has 0 N–H and O–H groups in total. The summed E-state index contributed by atoms with van der Waals surface area (Å²) >= 11 is 8.84. The van der Waals surface area contributed by atoms with Gasteiger partial charge in [0.05, 0.1) is 0 Å². The Morgan fingerprint density at radius 2 is 1.14 bits per heavy atom. The summed E-state index contributed by atoms with van der Waals surface area (Å²) in [4.78, 5) is 4.99. The van der Waals surface area contributed by atoms with Crippen LogP contribution in [0.15, 0.2) is 0 Å². The van der Waals surface area contributed by atoms with E-state index in [0.29, 0.717) is 10.5 Å². The molecule has 0 saturated carbocycles. The predicted octanol–water partition coefficient (Wildman–Crippen LogP) is 1.24. The van der Waals surface area contributed by atoms with Crippen LogP contribution in [0, 0.1) is 0 Å². The zero-order valence-corrected chi connectivity index (χ0v) is 11.0. The number of nitrogens with zero attached hydrogens (tertiary/aromatic N) is 2. The maximum absolute atomic E-state index is 4.42. The quantitative estimate of drug-likeness (QED) is 0.707. The average Bonchev–Trinajstić information content (AvgIpc) is 2.06. The van der Waals surface area contributed by atoms with Crippen molar-refractivity contribution in [1.29, 1.82) is 0 Å². The van der Waals surface area contributed by atoms with E-state index >= 15 is 0 Å². The summed E-state index contributed by atoms with van der Waals surface area (Å²) in [6, 6.07) is 0. The fourth-order valence-electron chi connectivity index (χ4n) is 1.90. The number of hydrogen-bond acceptors (Lipinski definition) is 4. The van der Waals surface area contributed by atoms with E-state index in [0.717, 1.165) is 13.1 Å². The Labute approximate surface area is 98.8 Å². The number of piperazine rings is 1. The van der Waals surface area contributed by atoms with Crippen LogP contribution >= 0.6 is 25.3 Å². The van der Waals surface area contributed by atoms with Crippen molar-refractivity contribution >= 4 is 25.3 Å². The van der Waals surface area contributed by atoms with Crippen LogP contribution < -0.4 is 0 Å². The van der Waals surface area contributed by atoms with E-state index in [1.54, 1.807) is 0 Å². The van der Waals surface area contributed by atoms with Gasteiger partial charge in [0.15, 0.2) is 0 Å². The molecule has 0 amide bonds. The summed E-state index contributed by atoms with van der Waals surface area (Å²) in [6.07, 6.45) is 0. The van der Waals surface area contributed by atoms with E-state index < -0.39 is 0 Å². The molecule has 1 fully saturated rings. The van der Waals surface area contributed by atoms with Gasteiger partial charge < -0.3 is 0 Å². The number of rotatable bonds is 4. The molecule has 0 spiro atoms. The molecule has 84 valence electrons. The van der Waals surface area contributed by atoms with Gasteiger partial charge in [0, 0.05) is 49.8 Å². The van der Waals surface area contributed by atoms with E-state index in [9.17, 15) is 0 Å². The first-order chi connectivity index (χ1) is 6.58. The van der Waals surface area contributed by atoms with Crippen LogP contribution in [0.25, 0.3) is 0 Å². The van der Waals surface area contributed by atoms with Crippen LogP contribution in [0.1, 0.15) is 13.8 Å². The van der Waals surface area contributed by atoms with Gasteiger partial charge in [-0.15, -0.1) is 0 Å². The Morgan fingerprint density at radius 3 is 1.36 bits per heavy atom. The highest BCUT2D eigenvalue weighted by Crippen LogP contribution is 2.06. The first-order valence-corrected chi connectivity index (χ1v) is 6.42. The summed E-state index contributed by atoms with van der Waals surface area (Å²) in [6.45, 7) is 11.3. The first kappa shape index (κ1) is 12.7. The molecule has 2 unspecified atom stereocenters. The molecular formula is C10H22N2S2. The van der Waals surface area contributed by atoms with Gasteiger partial charge in [-0.2, -0.15) is 25.3 Å². The Balaban J connectivity index is 2.17. The van der Waals surface area contributed by atoms with Crippen molar-refractivity contribution in [3.8, 4) is 0 Å². The minimum atomic E-state index is 0.491. The molecule has 1 rings (SSSR count). The van der Waals surface area contributed by atoms with Gasteiger partial charge in [0.1, 0.15) is 0 Å². The minimum absolute atomic E-state index is 0.491. The SMILES string of the molecule is CC(S)CN1CCN(CC(C)S)CC1. The summed E-state index contributed by atoms with van der Waals surface area (Å²) in [5, 5.41) is 0.982. The lowest BCUT2D eigenvalue weighted by atomic mass is 10.3. The topological polar surface area (TPSA) is 6.48 Å². The Kier molecular flexibility index (Phi) is 5.67. The number of hydrogen-bond donors (Lipinski definition) is 2. The summed E-state index contributed by atoms with van der Waals surface area (Å²) in [7, 11) is 0. The van der Waals surface area contributed by atoms with Gasteiger partial charge in [-0.1, -0.05) is 13.8 Å². The highest BCUT2D eigenvalue weighted by atomic mass is 32.1. The normalized spacial score (nSPS) is 24.9. The molecule has 1 saturated heterocycles. The van der Waals surface area contributed by atoms with Gasteiger partial charge >= 0.3 is 0 Å². The lowest BCUT2D eigenvalue weighted by Gasteiger charge is -2.35. The fourth-order valence-corrected chi connectivity index (χ4v) is 2.36. The minimum Gasteiger partial charge on any atom is -0.300 e. The second kappa shape index (κ2) is 6.26. The van der Waals surface area contributed by atoms with E-state index in [4.69, 9.17) is 0 Å². The smallest absolute Gasteiger partial charge is 0.0116 e. The highest BCUT2D eigenvalue weighted by molar-refractivity contribution is 7.81. The third-order valence-corrected chi connectivity index (χ3v) is 2.84. The Bertz CT molecular complexity index is 136. The third-order valence-electron chi connectivity index (χ3n) is 2.51. The van der Waals surface area contributed by atoms with Gasteiger partial charge in [0.25, 0.3) is 0 Å². The molecule has 0 aromatic heterocycles. The molecule has 2 atom stereocenters. The third kappa shape index (κ3) is 4.91. The van der Waals surface area contributed by atoms with Gasteiger partial charge in [0.2, 0.25) is 0 Å². The molecule has 2 nitrogen and oxygen atoms in total. The van der Waals surface area contributed by atoms with Crippen molar-refractivity contribution in [1.82, 2.24) is 9.80 Å². The van der Waals surface area contributed by atoms with Crippen molar-refractivity contribution in [3.05, 3.63) is 0 Å².